The molecule has 1 rings (SSSR count). The van der Waals surface area contributed by atoms with E-state index < -0.39 is 6.10 Å². The molecule has 0 aliphatic heterocycles. The van der Waals surface area contributed by atoms with Gasteiger partial charge in [0.15, 0.2) is 0 Å². The predicted molar refractivity (Wildman–Crippen MR) is 70.7 cm³/mol. The third-order valence-electron chi connectivity index (χ3n) is 2.11. The minimum Gasteiger partial charge on any atom is -0.491 e. The van der Waals surface area contributed by atoms with Gasteiger partial charge in [0.2, 0.25) is 0 Å². The SMILES string of the molecule is CC(C)(C)NCC(O)COc1cccc(Cl)c1. The summed E-state index contributed by atoms with van der Waals surface area (Å²) in [6, 6.07) is 7.14. The first-order valence-corrected chi connectivity index (χ1v) is 6.06. The van der Waals surface area contributed by atoms with Crippen LogP contribution in [-0.4, -0.2) is 29.9 Å². The average Bonchev–Trinajstić information content (AvgIpc) is 2.23. The van der Waals surface area contributed by atoms with Crippen LogP contribution < -0.4 is 10.1 Å². The lowest BCUT2D eigenvalue weighted by Gasteiger charge is -2.22. The maximum absolute atomic E-state index is 9.72. The highest BCUT2D eigenvalue weighted by Crippen LogP contribution is 2.17. The van der Waals surface area contributed by atoms with Crippen LogP contribution in [0.1, 0.15) is 20.8 Å². The topological polar surface area (TPSA) is 41.5 Å². The lowest BCUT2D eigenvalue weighted by Crippen LogP contribution is -2.42. The first-order valence-electron chi connectivity index (χ1n) is 5.68. The summed E-state index contributed by atoms with van der Waals surface area (Å²) in [4.78, 5) is 0. The Bertz CT molecular complexity index is 350. The van der Waals surface area contributed by atoms with Crippen molar-refractivity contribution in [2.24, 2.45) is 0 Å². The van der Waals surface area contributed by atoms with E-state index >= 15 is 0 Å². The molecule has 96 valence electrons. The van der Waals surface area contributed by atoms with Crippen molar-refractivity contribution in [1.82, 2.24) is 5.32 Å². The van der Waals surface area contributed by atoms with Crippen LogP contribution in [0, 0.1) is 0 Å². The van der Waals surface area contributed by atoms with E-state index in [1.54, 1.807) is 12.1 Å². The number of benzene rings is 1. The summed E-state index contributed by atoms with van der Waals surface area (Å²) in [5, 5.41) is 13.6. The first kappa shape index (κ1) is 14.3. The molecular weight excluding hydrogens is 238 g/mol. The van der Waals surface area contributed by atoms with Gasteiger partial charge in [0, 0.05) is 17.1 Å². The molecule has 3 nitrogen and oxygen atoms in total. The maximum Gasteiger partial charge on any atom is 0.120 e. The number of nitrogens with one attached hydrogen (secondary N) is 1. The minimum atomic E-state index is -0.534. The number of ether oxygens (including phenoxy) is 1. The van der Waals surface area contributed by atoms with Gasteiger partial charge < -0.3 is 15.2 Å². The van der Waals surface area contributed by atoms with Crippen LogP contribution >= 0.6 is 11.6 Å². The number of hydrogen-bond donors (Lipinski definition) is 2. The Balaban J connectivity index is 2.31. The Labute approximate surface area is 108 Å². The second-order valence-electron chi connectivity index (χ2n) is 5.05. The molecule has 0 radical (unpaired) electrons. The number of aliphatic hydroxyl groups excluding tert-OH is 1. The minimum absolute atomic E-state index is 0.00294. The Morgan fingerprint density at radius 2 is 2.12 bits per heavy atom. The summed E-state index contributed by atoms with van der Waals surface area (Å²) in [6.45, 7) is 6.92. The smallest absolute Gasteiger partial charge is 0.120 e. The number of halogens is 1. The number of β-amino-alcohol motifs (C(OH)–C–C–N with tert-alkyl or cyclic N) is 1. The molecule has 1 aromatic rings. The van der Waals surface area contributed by atoms with E-state index in [4.69, 9.17) is 16.3 Å². The van der Waals surface area contributed by atoms with E-state index in [1.165, 1.54) is 0 Å². The highest BCUT2D eigenvalue weighted by atomic mass is 35.5. The number of hydrogen-bond acceptors (Lipinski definition) is 3. The summed E-state index contributed by atoms with van der Waals surface area (Å²) < 4.78 is 5.44. The fourth-order valence-electron chi connectivity index (χ4n) is 1.23. The standard InChI is InChI=1S/C13H20ClNO2/c1-13(2,3)15-8-11(16)9-17-12-6-4-5-10(14)7-12/h4-7,11,15-16H,8-9H2,1-3H3. The fraction of sp³-hybridized carbons (Fsp3) is 0.538. The Morgan fingerprint density at radius 1 is 1.41 bits per heavy atom. The van der Waals surface area contributed by atoms with Crippen LogP contribution in [-0.2, 0) is 0 Å². The van der Waals surface area contributed by atoms with Crippen molar-refractivity contribution < 1.29 is 9.84 Å². The molecule has 0 saturated heterocycles. The van der Waals surface area contributed by atoms with Crippen molar-refractivity contribution >= 4 is 11.6 Å². The lowest BCUT2D eigenvalue weighted by atomic mass is 10.1. The van der Waals surface area contributed by atoms with Gasteiger partial charge in [-0.1, -0.05) is 17.7 Å². The maximum atomic E-state index is 9.72. The predicted octanol–water partition coefficient (Wildman–Crippen LogP) is 2.47. The van der Waals surface area contributed by atoms with Crippen molar-refractivity contribution in [1.29, 1.82) is 0 Å². The molecule has 0 amide bonds. The van der Waals surface area contributed by atoms with Crippen LogP contribution in [0.3, 0.4) is 0 Å². The summed E-state index contributed by atoms with van der Waals surface area (Å²) in [5.74, 6) is 0.673. The van der Waals surface area contributed by atoms with Gasteiger partial charge in [0.1, 0.15) is 18.5 Å². The molecule has 1 aromatic carbocycles. The molecule has 17 heavy (non-hydrogen) atoms. The van der Waals surface area contributed by atoms with E-state index in [0.717, 1.165) is 0 Å². The van der Waals surface area contributed by atoms with Gasteiger partial charge >= 0.3 is 0 Å². The molecule has 4 heteroatoms. The molecule has 0 bridgehead atoms. The summed E-state index contributed by atoms with van der Waals surface area (Å²) in [5.41, 5.74) is -0.00294. The van der Waals surface area contributed by atoms with Gasteiger partial charge in [0.25, 0.3) is 0 Å². The third kappa shape index (κ3) is 6.51. The van der Waals surface area contributed by atoms with Gasteiger partial charge in [-0.05, 0) is 39.0 Å². The van der Waals surface area contributed by atoms with Gasteiger partial charge in [-0.15, -0.1) is 0 Å². The fourth-order valence-corrected chi connectivity index (χ4v) is 1.41. The summed E-state index contributed by atoms with van der Waals surface area (Å²) >= 11 is 5.83. The van der Waals surface area contributed by atoms with Crippen LogP contribution in [0.2, 0.25) is 5.02 Å². The van der Waals surface area contributed by atoms with Gasteiger partial charge in [0.05, 0.1) is 0 Å². The van der Waals surface area contributed by atoms with Crippen LogP contribution in [0.5, 0.6) is 5.75 Å². The molecule has 0 saturated carbocycles. The molecular formula is C13H20ClNO2. The first-order chi connectivity index (χ1) is 7.87. The van der Waals surface area contributed by atoms with E-state index in [2.05, 4.69) is 26.1 Å². The zero-order chi connectivity index (χ0) is 12.9. The van der Waals surface area contributed by atoms with Gasteiger partial charge in [-0.25, -0.2) is 0 Å². The zero-order valence-electron chi connectivity index (χ0n) is 10.5. The van der Waals surface area contributed by atoms with Crippen molar-refractivity contribution in [2.75, 3.05) is 13.2 Å². The van der Waals surface area contributed by atoms with Crippen molar-refractivity contribution in [3.05, 3.63) is 29.3 Å². The molecule has 0 fully saturated rings. The van der Waals surface area contributed by atoms with E-state index in [-0.39, 0.29) is 12.1 Å². The molecule has 2 N–H and O–H groups in total. The Kier molecular flexibility index (Phi) is 5.25. The van der Waals surface area contributed by atoms with Crippen LogP contribution in [0.25, 0.3) is 0 Å². The van der Waals surface area contributed by atoms with Crippen LogP contribution in [0.15, 0.2) is 24.3 Å². The van der Waals surface area contributed by atoms with Gasteiger partial charge in [-0.2, -0.15) is 0 Å². The highest BCUT2D eigenvalue weighted by Gasteiger charge is 2.12. The second kappa shape index (κ2) is 6.24. The van der Waals surface area contributed by atoms with Crippen LogP contribution in [0.4, 0.5) is 0 Å². The molecule has 0 aromatic heterocycles. The highest BCUT2D eigenvalue weighted by molar-refractivity contribution is 6.30. The van der Waals surface area contributed by atoms with E-state index in [1.807, 2.05) is 12.1 Å². The average molecular weight is 258 g/mol. The summed E-state index contributed by atoms with van der Waals surface area (Å²) in [6.07, 6.45) is -0.534. The Hall–Kier alpha value is -0.770. The van der Waals surface area contributed by atoms with Crippen molar-refractivity contribution in [3.63, 3.8) is 0 Å². The largest absolute Gasteiger partial charge is 0.491 e. The lowest BCUT2D eigenvalue weighted by molar-refractivity contribution is 0.100. The number of rotatable bonds is 5. The molecule has 0 aliphatic rings. The third-order valence-corrected chi connectivity index (χ3v) is 2.34. The normalized spacial score (nSPS) is 13.5. The summed E-state index contributed by atoms with van der Waals surface area (Å²) in [7, 11) is 0. The Morgan fingerprint density at radius 3 is 2.71 bits per heavy atom. The number of aliphatic hydroxyl groups is 1. The molecule has 0 heterocycles. The zero-order valence-corrected chi connectivity index (χ0v) is 11.3. The quantitative estimate of drug-likeness (QED) is 0.852. The van der Waals surface area contributed by atoms with E-state index in [0.29, 0.717) is 17.3 Å². The second-order valence-corrected chi connectivity index (χ2v) is 5.49. The molecule has 1 unspecified atom stereocenters. The van der Waals surface area contributed by atoms with E-state index in [9.17, 15) is 5.11 Å². The molecule has 0 aliphatic carbocycles. The van der Waals surface area contributed by atoms with Crippen molar-refractivity contribution in [3.8, 4) is 5.75 Å². The monoisotopic (exact) mass is 257 g/mol. The molecule has 1 atom stereocenters. The van der Waals surface area contributed by atoms with Crippen molar-refractivity contribution in [2.45, 2.75) is 32.4 Å². The molecule has 0 spiro atoms. The van der Waals surface area contributed by atoms with Gasteiger partial charge in [-0.3, -0.25) is 0 Å².